The lowest BCUT2D eigenvalue weighted by molar-refractivity contribution is -0.384. The van der Waals surface area contributed by atoms with Gasteiger partial charge in [0.1, 0.15) is 12.2 Å². The van der Waals surface area contributed by atoms with Crippen LogP contribution in [0.5, 0.6) is 11.5 Å². The van der Waals surface area contributed by atoms with E-state index in [2.05, 4.69) is 18.5 Å². The molecule has 1 heterocycles. The van der Waals surface area contributed by atoms with Crippen molar-refractivity contribution in [2.24, 2.45) is 0 Å². The third-order valence-corrected chi connectivity index (χ3v) is 5.48. The molecule has 2 aromatic carbocycles. The highest BCUT2D eigenvalue weighted by Gasteiger charge is 2.32. The molecule has 0 atom stereocenters. The minimum absolute atomic E-state index is 0.00722. The maximum Gasteiger partial charge on any atom is 0.269 e. The number of carbonyl (C=O) groups is 2. The summed E-state index contributed by atoms with van der Waals surface area (Å²) in [6.07, 6.45) is 5.12. The first-order valence-corrected chi connectivity index (χ1v) is 11.5. The summed E-state index contributed by atoms with van der Waals surface area (Å²) in [5, 5.41) is 13.4. The van der Waals surface area contributed by atoms with E-state index in [0.29, 0.717) is 30.1 Å². The minimum Gasteiger partial charge on any atom is -0.490 e. The zero-order valence-corrected chi connectivity index (χ0v) is 20.5. The minimum atomic E-state index is -0.591. The molecule has 1 aliphatic rings. The molecule has 0 unspecified atom stereocenters. The third kappa shape index (κ3) is 6.02. The molecule has 1 aliphatic heterocycles. The van der Waals surface area contributed by atoms with Crippen molar-refractivity contribution in [2.75, 3.05) is 13.2 Å². The van der Waals surface area contributed by atoms with Crippen molar-refractivity contribution in [1.29, 1.82) is 0 Å². The summed E-state index contributed by atoms with van der Waals surface area (Å²) >= 11 is 5.10. The topological polar surface area (TPSA) is 111 Å². The lowest BCUT2D eigenvalue weighted by Gasteiger charge is -2.27. The molecule has 0 spiro atoms. The van der Waals surface area contributed by atoms with Gasteiger partial charge in [-0.3, -0.25) is 29.9 Å². The highest BCUT2D eigenvalue weighted by Crippen LogP contribution is 2.35. The molecule has 1 fully saturated rings. The average Bonchev–Trinajstić information content (AvgIpc) is 2.84. The second-order valence-electron chi connectivity index (χ2n) is 7.67. The van der Waals surface area contributed by atoms with Crippen LogP contribution in [0, 0.1) is 10.1 Å². The number of benzene rings is 2. The van der Waals surface area contributed by atoms with Gasteiger partial charge in [-0.15, -0.1) is 13.2 Å². The Kier molecular flexibility index (Phi) is 8.69. The van der Waals surface area contributed by atoms with Gasteiger partial charge in [0, 0.05) is 24.2 Å². The number of amides is 2. The maximum atomic E-state index is 12.9. The van der Waals surface area contributed by atoms with Crippen LogP contribution in [0.2, 0.25) is 0 Å². The zero-order chi connectivity index (χ0) is 26.2. The van der Waals surface area contributed by atoms with Gasteiger partial charge in [0.15, 0.2) is 16.6 Å². The molecule has 0 aromatic heterocycles. The lowest BCUT2D eigenvalue weighted by atomic mass is 10.0. The molecule has 3 rings (SSSR count). The lowest BCUT2D eigenvalue weighted by Crippen LogP contribution is -2.53. The summed E-state index contributed by atoms with van der Waals surface area (Å²) in [6, 6.07) is 9.53. The van der Waals surface area contributed by atoms with E-state index in [4.69, 9.17) is 21.7 Å². The number of nitrogens with zero attached hydrogens (tertiary/aromatic N) is 2. The Bertz CT molecular complexity index is 1250. The fourth-order valence-corrected chi connectivity index (χ4v) is 3.78. The number of ether oxygens (including phenoxy) is 2. The maximum absolute atomic E-state index is 12.9. The molecule has 9 nitrogen and oxygen atoms in total. The molecule has 2 amide bonds. The van der Waals surface area contributed by atoms with Gasteiger partial charge in [-0.1, -0.05) is 12.2 Å². The van der Waals surface area contributed by atoms with Gasteiger partial charge in [0.25, 0.3) is 17.5 Å². The highest BCUT2D eigenvalue weighted by molar-refractivity contribution is 7.80. The van der Waals surface area contributed by atoms with Gasteiger partial charge < -0.3 is 9.47 Å². The molecular formula is C26H25N3O6S. The van der Waals surface area contributed by atoms with E-state index in [9.17, 15) is 19.7 Å². The van der Waals surface area contributed by atoms with Gasteiger partial charge in [-0.05, 0) is 67.0 Å². The Morgan fingerprint density at radius 3 is 2.47 bits per heavy atom. The molecule has 186 valence electrons. The number of allylic oxidation sites excluding steroid dienone is 1. The van der Waals surface area contributed by atoms with Crippen LogP contribution in [0.1, 0.15) is 23.6 Å². The summed E-state index contributed by atoms with van der Waals surface area (Å²) < 4.78 is 11.9. The molecule has 0 bridgehead atoms. The van der Waals surface area contributed by atoms with Crippen molar-refractivity contribution in [3.05, 3.63) is 94.1 Å². The summed E-state index contributed by atoms with van der Waals surface area (Å²) in [5.41, 5.74) is 1.94. The Morgan fingerprint density at radius 2 is 1.86 bits per heavy atom. The van der Waals surface area contributed by atoms with Crippen LogP contribution in [0.25, 0.3) is 6.08 Å². The van der Waals surface area contributed by atoms with E-state index in [-0.39, 0.29) is 29.5 Å². The second-order valence-corrected chi connectivity index (χ2v) is 8.05. The van der Waals surface area contributed by atoms with Crippen LogP contribution in [0.4, 0.5) is 5.69 Å². The summed E-state index contributed by atoms with van der Waals surface area (Å²) in [7, 11) is 0. The number of rotatable bonds is 11. The monoisotopic (exact) mass is 507 g/mol. The number of nitro benzene ring substituents is 1. The third-order valence-electron chi connectivity index (χ3n) is 5.16. The molecule has 0 aliphatic carbocycles. The number of non-ortho nitro benzene ring substituents is 1. The first-order valence-electron chi connectivity index (χ1n) is 11.1. The average molecular weight is 508 g/mol. The van der Waals surface area contributed by atoms with E-state index in [1.165, 1.54) is 29.2 Å². The molecule has 36 heavy (non-hydrogen) atoms. The van der Waals surface area contributed by atoms with Gasteiger partial charge in [-0.25, -0.2) is 0 Å². The van der Waals surface area contributed by atoms with Crippen LogP contribution < -0.4 is 14.8 Å². The van der Waals surface area contributed by atoms with Gasteiger partial charge in [0.05, 0.1) is 11.5 Å². The van der Waals surface area contributed by atoms with E-state index in [0.717, 1.165) is 11.1 Å². The van der Waals surface area contributed by atoms with Crippen LogP contribution in [0.3, 0.4) is 0 Å². The smallest absolute Gasteiger partial charge is 0.269 e. The van der Waals surface area contributed by atoms with Crippen molar-refractivity contribution in [3.63, 3.8) is 0 Å². The Labute approximate surface area is 213 Å². The van der Waals surface area contributed by atoms with Crippen LogP contribution in [-0.4, -0.2) is 39.9 Å². The van der Waals surface area contributed by atoms with Gasteiger partial charge in [0.2, 0.25) is 0 Å². The zero-order valence-electron chi connectivity index (χ0n) is 19.7. The molecular weight excluding hydrogens is 482 g/mol. The van der Waals surface area contributed by atoms with E-state index in [1.54, 1.807) is 30.3 Å². The normalized spacial score (nSPS) is 14.4. The molecule has 2 aromatic rings. The predicted octanol–water partition coefficient (Wildman–Crippen LogP) is 4.11. The Morgan fingerprint density at radius 1 is 1.14 bits per heavy atom. The fraction of sp³-hybridized carbons (Fsp3) is 0.192. The van der Waals surface area contributed by atoms with Crippen molar-refractivity contribution >= 4 is 40.9 Å². The molecule has 10 heteroatoms. The number of carbonyl (C=O) groups excluding carboxylic acids is 2. The number of thiocarbonyl (C=S) groups is 1. The highest BCUT2D eigenvalue weighted by atomic mass is 32.1. The SMILES string of the molecule is C=CCc1cc(/C=C2\C(=O)NC(=S)N(CC=C)C2=O)cc(OCC)c1OCc1ccc([N+](=O)[O-])cc1. The van der Waals surface area contributed by atoms with Gasteiger partial charge in [-0.2, -0.15) is 0 Å². The number of nitrogens with one attached hydrogen (secondary N) is 1. The van der Waals surface area contributed by atoms with Crippen LogP contribution in [-0.2, 0) is 22.6 Å². The summed E-state index contributed by atoms with van der Waals surface area (Å²) in [5.74, 6) is -0.212. The first kappa shape index (κ1) is 26.3. The number of hydrogen-bond acceptors (Lipinski definition) is 7. The van der Waals surface area contributed by atoms with Crippen molar-refractivity contribution in [1.82, 2.24) is 10.2 Å². The first-order chi connectivity index (χ1) is 17.3. The quantitative estimate of drug-likeness (QED) is 0.122. The van der Waals surface area contributed by atoms with Crippen molar-refractivity contribution in [2.45, 2.75) is 20.0 Å². The van der Waals surface area contributed by atoms with Crippen LogP contribution in [0.15, 0.2) is 67.3 Å². The van der Waals surface area contributed by atoms with Crippen molar-refractivity contribution < 1.29 is 24.0 Å². The molecule has 1 N–H and O–H groups in total. The molecule has 0 saturated carbocycles. The standard InChI is InChI=1S/C26H25N3O6S/c1-4-7-19-13-18(14-21-24(30)27-26(36)28(12-5-2)25(21)31)15-22(34-6-3)23(19)35-16-17-8-10-20(11-9-17)29(32)33/h4-5,8-11,13-15H,1-2,6-7,12,16H2,3H3,(H,27,30,36)/b21-14+. The van der Waals surface area contributed by atoms with Crippen LogP contribution >= 0.6 is 12.2 Å². The second kappa shape index (κ2) is 11.9. The fourth-order valence-electron chi connectivity index (χ4n) is 3.53. The number of nitro groups is 1. The summed E-state index contributed by atoms with van der Waals surface area (Å²) in [6.45, 7) is 9.91. The molecule has 0 radical (unpaired) electrons. The number of hydrogen-bond donors (Lipinski definition) is 1. The van der Waals surface area contributed by atoms with Gasteiger partial charge >= 0.3 is 0 Å². The van der Waals surface area contributed by atoms with E-state index in [1.807, 2.05) is 6.92 Å². The summed E-state index contributed by atoms with van der Waals surface area (Å²) in [4.78, 5) is 37.1. The Hall–Kier alpha value is -4.31. The predicted molar refractivity (Wildman–Crippen MR) is 140 cm³/mol. The Balaban J connectivity index is 1.97. The van der Waals surface area contributed by atoms with Crippen molar-refractivity contribution in [3.8, 4) is 11.5 Å². The largest absolute Gasteiger partial charge is 0.490 e. The van der Waals surface area contributed by atoms with E-state index >= 15 is 0 Å². The van der Waals surface area contributed by atoms with E-state index < -0.39 is 16.7 Å². The molecule has 1 saturated heterocycles.